The van der Waals surface area contributed by atoms with E-state index in [0.717, 1.165) is 24.9 Å². The van der Waals surface area contributed by atoms with Crippen LogP contribution in [-0.4, -0.2) is 35.3 Å². The molecular weight excluding hydrogens is 346 g/mol. The molecule has 0 spiro atoms. The fraction of sp³-hybridized carbons (Fsp3) is 0.520. The van der Waals surface area contributed by atoms with Crippen molar-refractivity contribution in [2.24, 2.45) is 17.3 Å². The molecule has 0 amide bonds. The minimum absolute atomic E-state index is 0.125. The zero-order valence-electron chi connectivity index (χ0n) is 17.3. The quantitative estimate of drug-likeness (QED) is 0.769. The highest BCUT2D eigenvalue weighted by molar-refractivity contribution is 5.19. The Balaban J connectivity index is 1.49. The van der Waals surface area contributed by atoms with Gasteiger partial charge in [0.05, 0.1) is 13.2 Å². The maximum Gasteiger partial charge on any atom is 0.107 e. The fourth-order valence-corrected chi connectivity index (χ4v) is 5.62. The van der Waals surface area contributed by atoms with Crippen LogP contribution in [0, 0.1) is 17.3 Å². The van der Waals surface area contributed by atoms with E-state index in [1.807, 2.05) is 18.2 Å². The molecule has 28 heavy (non-hydrogen) atoms. The van der Waals surface area contributed by atoms with Crippen molar-refractivity contribution in [3.05, 3.63) is 71.8 Å². The summed E-state index contributed by atoms with van der Waals surface area (Å²) >= 11 is 0. The molecular formula is C25H33NO2. The first-order chi connectivity index (χ1) is 13.4. The minimum Gasteiger partial charge on any atom is -0.386 e. The summed E-state index contributed by atoms with van der Waals surface area (Å²) in [6, 6.07) is 20.9. The van der Waals surface area contributed by atoms with Crippen molar-refractivity contribution in [1.82, 2.24) is 4.90 Å². The van der Waals surface area contributed by atoms with Crippen LogP contribution in [0.2, 0.25) is 0 Å². The number of aliphatic hydroxyl groups is 1. The van der Waals surface area contributed by atoms with E-state index in [-0.39, 0.29) is 17.4 Å². The fourth-order valence-electron chi connectivity index (χ4n) is 5.62. The van der Waals surface area contributed by atoms with Gasteiger partial charge >= 0.3 is 0 Å². The SMILES string of the molecule is CN(Cc1ccccc1)[C@H]1C[C@H]2C[C@H](C2(C)C)[C@]1(O)COCc1ccccc1. The van der Waals surface area contributed by atoms with Gasteiger partial charge in [0, 0.05) is 12.6 Å². The Labute approximate surface area is 169 Å². The molecule has 2 aromatic carbocycles. The van der Waals surface area contributed by atoms with Gasteiger partial charge < -0.3 is 9.84 Å². The Morgan fingerprint density at radius 3 is 2.18 bits per heavy atom. The molecule has 3 aliphatic carbocycles. The van der Waals surface area contributed by atoms with E-state index in [1.165, 1.54) is 5.56 Å². The largest absolute Gasteiger partial charge is 0.386 e. The zero-order valence-corrected chi connectivity index (χ0v) is 17.3. The van der Waals surface area contributed by atoms with Crippen LogP contribution in [0.4, 0.5) is 0 Å². The highest BCUT2D eigenvalue weighted by atomic mass is 16.5. The van der Waals surface area contributed by atoms with Gasteiger partial charge in [-0.05, 0) is 48.3 Å². The highest BCUT2D eigenvalue weighted by Gasteiger charge is 2.65. The monoisotopic (exact) mass is 379 g/mol. The second kappa shape index (κ2) is 7.62. The molecule has 0 unspecified atom stereocenters. The number of benzene rings is 2. The summed E-state index contributed by atoms with van der Waals surface area (Å²) in [6.07, 6.45) is 2.16. The van der Waals surface area contributed by atoms with Crippen molar-refractivity contribution >= 4 is 0 Å². The molecule has 3 aliphatic rings. The summed E-state index contributed by atoms with van der Waals surface area (Å²) in [5.74, 6) is 0.980. The summed E-state index contributed by atoms with van der Waals surface area (Å²) in [6.45, 7) is 6.44. The lowest BCUT2D eigenvalue weighted by atomic mass is 9.42. The van der Waals surface area contributed by atoms with E-state index in [2.05, 4.69) is 68.3 Å². The maximum atomic E-state index is 11.9. The van der Waals surface area contributed by atoms with Crippen molar-refractivity contribution in [3.8, 4) is 0 Å². The first-order valence-corrected chi connectivity index (χ1v) is 10.5. The molecule has 2 aromatic rings. The van der Waals surface area contributed by atoms with Crippen LogP contribution in [-0.2, 0) is 17.9 Å². The van der Waals surface area contributed by atoms with Gasteiger partial charge in [-0.15, -0.1) is 0 Å². The molecule has 0 radical (unpaired) electrons. The second-order valence-corrected chi connectivity index (χ2v) is 9.43. The van der Waals surface area contributed by atoms with Crippen LogP contribution in [0.1, 0.15) is 37.8 Å². The summed E-state index contributed by atoms with van der Waals surface area (Å²) in [5.41, 5.74) is 1.82. The lowest BCUT2D eigenvalue weighted by molar-refractivity contribution is -0.255. The lowest BCUT2D eigenvalue weighted by Crippen LogP contribution is -2.72. The Kier molecular flexibility index (Phi) is 5.34. The van der Waals surface area contributed by atoms with E-state index >= 15 is 0 Å². The van der Waals surface area contributed by atoms with Gasteiger partial charge in [-0.2, -0.15) is 0 Å². The molecule has 2 bridgehead atoms. The molecule has 5 rings (SSSR count). The van der Waals surface area contributed by atoms with Gasteiger partial charge in [-0.25, -0.2) is 0 Å². The molecule has 3 fully saturated rings. The second-order valence-electron chi connectivity index (χ2n) is 9.43. The molecule has 4 atom stereocenters. The number of nitrogens with zero attached hydrogens (tertiary/aromatic N) is 1. The molecule has 0 aromatic heterocycles. The third kappa shape index (κ3) is 3.52. The van der Waals surface area contributed by atoms with Crippen molar-refractivity contribution in [2.45, 2.75) is 51.5 Å². The number of hydrogen-bond acceptors (Lipinski definition) is 3. The maximum absolute atomic E-state index is 11.9. The standard InChI is InChI=1S/C25H33NO2/c1-24(2)21-14-22(24)25(27,18-28-17-20-12-8-5-9-13-20)23(15-21)26(3)16-19-10-6-4-7-11-19/h4-13,21-23,27H,14-18H2,1-3H3/t21-,22-,23+,25-/m1/s1. The Morgan fingerprint density at radius 2 is 1.57 bits per heavy atom. The molecule has 0 heterocycles. The van der Waals surface area contributed by atoms with Gasteiger partial charge in [0.2, 0.25) is 0 Å². The van der Waals surface area contributed by atoms with Crippen molar-refractivity contribution < 1.29 is 9.84 Å². The smallest absolute Gasteiger partial charge is 0.107 e. The Morgan fingerprint density at radius 1 is 0.964 bits per heavy atom. The van der Waals surface area contributed by atoms with Crippen LogP contribution in [0.15, 0.2) is 60.7 Å². The number of fused-ring (bicyclic) bond motifs is 2. The van der Waals surface area contributed by atoms with Crippen molar-refractivity contribution in [3.63, 3.8) is 0 Å². The summed E-state index contributed by atoms with van der Waals surface area (Å²) < 4.78 is 6.10. The van der Waals surface area contributed by atoms with Gasteiger partial charge in [-0.1, -0.05) is 74.5 Å². The topological polar surface area (TPSA) is 32.7 Å². The van der Waals surface area contributed by atoms with E-state index in [1.54, 1.807) is 0 Å². The van der Waals surface area contributed by atoms with Crippen LogP contribution in [0.25, 0.3) is 0 Å². The predicted molar refractivity (Wildman–Crippen MR) is 113 cm³/mol. The molecule has 3 heteroatoms. The van der Waals surface area contributed by atoms with Gasteiger partial charge in [-0.3, -0.25) is 4.90 Å². The van der Waals surface area contributed by atoms with Crippen LogP contribution in [0.3, 0.4) is 0 Å². The Hall–Kier alpha value is -1.68. The average molecular weight is 380 g/mol. The molecule has 3 nitrogen and oxygen atoms in total. The van der Waals surface area contributed by atoms with Crippen LogP contribution >= 0.6 is 0 Å². The van der Waals surface area contributed by atoms with Crippen LogP contribution in [0.5, 0.6) is 0 Å². The molecule has 150 valence electrons. The van der Waals surface area contributed by atoms with E-state index in [0.29, 0.717) is 19.1 Å². The van der Waals surface area contributed by atoms with Gasteiger partial charge in [0.1, 0.15) is 5.60 Å². The normalized spacial score (nSPS) is 30.8. The number of ether oxygens (including phenoxy) is 1. The summed E-state index contributed by atoms with van der Waals surface area (Å²) in [5, 5.41) is 11.9. The Bertz CT molecular complexity index is 776. The van der Waals surface area contributed by atoms with E-state index < -0.39 is 5.60 Å². The van der Waals surface area contributed by atoms with Gasteiger partial charge in [0.15, 0.2) is 0 Å². The van der Waals surface area contributed by atoms with Crippen LogP contribution < -0.4 is 0 Å². The first-order valence-electron chi connectivity index (χ1n) is 10.5. The first kappa shape index (κ1) is 19.6. The zero-order chi connectivity index (χ0) is 19.8. The van der Waals surface area contributed by atoms with E-state index in [9.17, 15) is 5.11 Å². The molecule has 3 saturated carbocycles. The molecule has 0 aliphatic heterocycles. The summed E-state index contributed by atoms with van der Waals surface area (Å²) in [7, 11) is 2.15. The van der Waals surface area contributed by atoms with Crippen molar-refractivity contribution in [2.75, 3.05) is 13.7 Å². The number of likely N-dealkylation sites (N-methyl/N-ethyl adjacent to an activating group) is 1. The average Bonchev–Trinajstić information content (AvgIpc) is 2.69. The van der Waals surface area contributed by atoms with Gasteiger partial charge in [0.25, 0.3) is 0 Å². The molecule has 0 saturated heterocycles. The number of rotatable bonds is 7. The molecule has 1 N–H and O–H groups in total. The van der Waals surface area contributed by atoms with Crippen molar-refractivity contribution in [1.29, 1.82) is 0 Å². The predicted octanol–water partition coefficient (Wildman–Crippen LogP) is 4.50. The third-order valence-corrected chi connectivity index (χ3v) is 7.41. The number of hydrogen-bond donors (Lipinski definition) is 1. The van der Waals surface area contributed by atoms with E-state index in [4.69, 9.17) is 4.74 Å². The summed E-state index contributed by atoms with van der Waals surface area (Å²) in [4.78, 5) is 2.34. The lowest BCUT2D eigenvalue weighted by Gasteiger charge is -2.67. The minimum atomic E-state index is -0.809. The third-order valence-electron chi connectivity index (χ3n) is 7.41. The highest BCUT2D eigenvalue weighted by Crippen LogP contribution is 2.63.